The molecule has 1 atom stereocenters. The van der Waals surface area contributed by atoms with Crippen LogP contribution < -0.4 is 11.3 Å². The van der Waals surface area contributed by atoms with Crippen LogP contribution in [0.5, 0.6) is 0 Å². The highest BCUT2D eigenvalue weighted by molar-refractivity contribution is 5.95. The first-order chi connectivity index (χ1) is 9.67. The molecule has 1 amide bonds. The Balaban J connectivity index is 2.18. The molecule has 0 radical (unpaired) electrons. The van der Waals surface area contributed by atoms with Crippen molar-refractivity contribution in [3.05, 3.63) is 29.3 Å². The summed E-state index contributed by atoms with van der Waals surface area (Å²) in [5.74, 6) is 5.46. The fourth-order valence-corrected chi connectivity index (χ4v) is 2.84. The Bertz CT molecular complexity index is 474. The Morgan fingerprint density at radius 3 is 2.95 bits per heavy atom. The number of carbonyl (C=O) groups excluding carboxylic acids is 1. The third kappa shape index (κ3) is 3.11. The predicted molar refractivity (Wildman–Crippen MR) is 79.4 cm³/mol. The van der Waals surface area contributed by atoms with E-state index in [0.717, 1.165) is 37.1 Å². The first-order valence-corrected chi connectivity index (χ1v) is 7.16. The lowest BCUT2D eigenvalue weighted by atomic mass is 9.98. The maximum absolute atomic E-state index is 12.6. The van der Waals surface area contributed by atoms with E-state index in [1.165, 1.54) is 0 Å². The van der Waals surface area contributed by atoms with Crippen molar-refractivity contribution >= 4 is 11.6 Å². The zero-order chi connectivity index (χ0) is 14.5. The third-order valence-electron chi connectivity index (χ3n) is 3.98. The zero-order valence-corrected chi connectivity index (χ0v) is 11.9. The topological polar surface area (TPSA) is 78.6 Å². The molecule has 110 valence electrons. The van der Waals surface area contributed by atoms with Crippen LogP contribution in [0.2, 0.25) is 0 Å². The van der Waals surface area contributed by atoms with E-state index in [4.69, 9.17) is 10.9 Å². The monoisotopic (exact) mass is 277 g/mol. The van der Waals surface area contributed by atoms with Crippen molar-refractivity contribution < 1.29 is 9.90 Å². The molecule has 1 aliphatic heterocycles. The van der Waals surface area contributed by atoms with Crippen molar-refractivity contribution in [3.63, 3.8) is 0 Å². The van der Waals surface area contributed by atoms with Crippen molar-refractivity contribution in [2.24, 2.45) is 5.84 Å². The van der Waals surface area contributed by atoms with Gasteiger partial charge in [0.15, 0.2) is 0 Å². The minimum Gasteiger partial charge on any atom is -0.396 e. The molecule has 0 saturated carbocycles. The molecule has 0 bridgehead atoms. The van der Waals surface area contributed by atoms with Gasteiger partial charge in [-0.05, 0) is 56.4 Å². The van der Waals surface area contributed by atoms with E-state index in [2.05, 4.69) is 5.43 Å². The quantitative estimate of drug-likeness (QED) is 0.577. The molecular formula is C15H23N3O2. The first kappa shape index (κ1) is 14.8. The Hall–Kier alpha value is -1.59. The molecule has 1 aliphatic rings. The number of aryl methyl sites for hydroxylation is 1. The van der Waals surface area contributed by atoms with Crippen molar-refractivity contribution in [2.45, 2.75) is 38.6 Å². The van der Waals surface area contributed by atoms with E-state index in [1.807, 2.05) is 24.0 Å². The van der Waals surface area contributed by atoms with E-state index in [1.54, 1.807) is 6.07 Å². The molecule has 20 heavy (non-hydrogen) atoms. The summed E-state index contributed by atoms with van der Waals surface area (Å²) in [6, 6.07) is 5.65. The largest absolute Gasteiger partial charge is 0.396 e. The van der Waals surface area contributed by atoms with Gasteiger partial charge >= 0.3 is 0 Å². The van der Waals surface area contributed by atoms with Crippen molar-refractivity contribution in [1.29, 1.82) is 0 Å². The summed E-state index contributed by atoms with van der Waals surface area (Å²) in [5.41, 5.74) is 5.08. The number of carbonyl (C=O) groups is 1. The number of benzene rings is 1. The Morgan fingerprint density at radius 1 is 1.50 bits per heavy atom. The SMILES string of the molecule is Cc1cc(C(=O)N2CCCCC2CCO)ccc1NN. The van der Waals surface area contributed by atoms with Crippen LogP contribution in [0.4, 0.5) is 5.69 Å². The van der Waals surface area contributed by atoms with Gasteiger partial charge < -0.3 is 15.4 Å². The summed E-state index contributed by atoms with van der Waals surface area (Å²) < 4.78 is 0. The normalized spacial score (nSPS) is 18.9. The van der Waals surface area contributed by atoms with Gasteiger partial charge in [0.05, 0.1) is 5.69 Å². The second kappa shape index (κ2) is 6.72. The van der Waals surface area contributed by atoms with Gasteiger partial charge in [-0.3, -0.25) is 10.6 Å². The summed E-state index contributed by atoms with van der Waals surface area (Å²) in [7, 11) is 0. The van der Waals surface area contributed by atoms with E-state index < -0.39 is 0 Å². The molecule has 1 heterocycles. The van der Waals surface area contributed by atoms with Gasteiger partial charge in [-0.2, -0.15) is 0 Å². The van der Waals surface area contributed by atoms with Gasteiger partial charge in [0, 0.05) is 24.8 Å². The van der Waals surface area contributed by atoms with Crippen molar-refractivity contribution in [2.75, 3.05) is 18.6 Å². The third-order valence-corrected chi connectivity index (χ3v) is 3.98. The molecule has 1 aromatic rings. The Labute approximate surface area is 119 Å². The minimum absolute atomic E-state index is 0.0508. The van der Waals surface area contributed by atoms with Crippen LogP contribution in [0.1, 0.15) is 41.6 Å². The minimum atomic E-state index is 0.0508. The number of aliphatic hydroxyl groups excluding tert-OH is 1. The van der Waals surface area contributed by atoms with Crippen LogP contribution >= 0.6 is 0 Å². The average molecular weight is 277 g/mol. The summed E-state index contributed by atoms with van der Waals surface area (Å²) in [4.78, 5) is 14.5. The number of nitrogens with zero attached hydrogens (tertiary/aromatic N) is 1. The van der Waals surface area contributed by atoms with Crippen molar-refractivity contribution in [1.82, 2.24) is 4.90 Å². The Kier molecular flexibility index (Phi) is 4.98. The number of aliphatic hydroxyl groups is 1. The van der Waals surface area contributed by atoms with Gasteiger partial charge in [0.1, 0.15) is 0 Å². The lowest BCUT2D eigenvalue weighted by Gasteiger charge is -2.35. The molecule has 5 heteroatoms. The number of hydrazine groups is 1. The Morgan fingerprint density at radius 2 is 2.30 bits per heavy atom. The van der Waals surface area contributed by atoms with E-state index in [9.17, 15) is 4.79 Å². The molecule has 0 aliphatic carbocycles. The number of piperidine rings is 1. The second-order valence-corrected chi connectivity index (χ2v) is 5.33. The number of nitrogen functional groups attached to an aromatic ring is 1. The number of nitrogens with two attached hydrogens (primary N) is 1. The molecular weight excluding hydrogens is 254 g/mol. The molecule has 1 saturated heterocycles. The number of anilines is 1. The molecule has 2 rings (SSSR count). The summed E-state index contributed by atoms with van der Waals surface area (Å²) >= 11 is 0. The van der Waals surface area contributed by atoms with Crippen LogP contribution in [0, 0.1) is 6.92 Å². The molecule has 1 fully saturated rings. The first-order valence-electron chi connectivity index (χ1n) is 7.16. The van der Waals surface area contributed by atoms with Crippen LogP contribution in [0.3, 0.4) is 0 Å². The molecule has 1 aromatic carbocycles. The van der Waals surface area contributed by atoms with Crippen LogP contribution in [0.25, 0.3) is 0 Å². The predicted octanol–water partition coefficient (Wildman–Crippen LogP) is 1.66. The molecule has 1 unspecified atom stereocenters. The van der Waals surface area contributed by atoms with E-state index in [0.29, 0.717) is 12.0 Å². The smallest absolute Gasteiger partial charge is 0.254 e. The number of nitrogens with one attached hydrogen (secondary N) is 1. The standard InChI is InChI=1S/C15H23N3O2/c1-11-10-12(5-6-14(11)17-16)15(20)18-8-3-2-4-13(18)7-9-19/h5-6,10,13,17,19H,2-4,7-9,16H2,1H3. The highest BCUT2D eigenvalue weighted by Crippen LogP contribution is 2.23. The summed E-state index contributed by atoms with van der Waals surface area (Å²) in [6.45, 7) is 2.83. The number of amides is 1. The maximum atomic E-state index is 12.6. The highest BCUT2D eigenvalue weighted by Gasteiger charge is 2.27. The number of hydrogen-bond acceptors (Lipinski definition) is 4. The number of likely N-dealkylation sites (tertiary alicyclic amines) is 1. The van der Waals surface area contributed by atoms with Gasteiger partial charge in [-0.15, -0.1) is 0 Å². The van der Waals surface area contributed by atoms with Crippen LogP contribution in [0.15, 0.2) is 18.2 Å². The number of hydrogen-bond donors (Lipinski definition) is 3. The fraction of sp³-hybridized carbons (Fsp3) is 0.533. The molecule has 5 nitrogen and oxygen atoms in total. The summed E-state index contributed by atoms with van der Waals surface area (Å²) in [6.07, 6.45) is 3.81. The van der Waals surface area contributed by atoms with Gasteiger partial charge in [-0.1, -0.05) is 0 Å². The summed E-state index contributed by atoms with van der Waals surface area (Å²) in [5, 5.41) is 9.14. The molecule has 0 aromatic heterocycles. The van der Waals surface area contributed by atoms with Crippen LogP contribution in [-0.2, 0) is 0 Å². The van der Waals surface area contributed by atoms with E-state index in [-0.39, 0.29) is 18.6 Å². The zero-order valence-electron chi connectivity index (χ0n) is 11.9. The molecule has 4 N–H and O–H groups in total. The van der Waals surface area contributed by atoms with Crippen LogP contribution in [-0.4, -0.2) is 35.1 Å². The molecule has 0 spiro atoms. The highest BCUT2D eigenvalue weighted by atomic mass is 16.3. The van der Waals surface area contributed by atoms with E-state index >= 15 is 0 Å². The van der Waals surface area contributed by atoms with Gasteiger partial charge in [0.25, 0.3) is 5.91 Å². The maximum Gasteiger partial charge on any atom is 0.254 e. The lowest BCUT2D eigenvalue weighted by molar-refractivity contribution is 0.0574. The lowest BCUT2D eigenvalue weighted by Crippen LogP contribution is -2.44. The fourth-order valence-electron chi connectivity index (χ4n) is 2.84. The van der Waals surface area contributed by atoms with Crippen molar-refractivity contribution in [3.8, 4) is 0 Å². The van der Waals surface area contributed by atoms with Gasteiger partial charge in [-0.25, -0.2) is 0 Å². The average Bonchev–Trinajstić information content (AvgIpc) is 2.47. The second-order valence-electron chi connectivity index (χ2n) is 5.33. The number of rotatable bonds is 4. The van der Waals surface area contributed by atoms with Gasteiger partial charge in [0.2, 0.25) is 0 Å².